The molecule has 1 amide bonds. The van der Waals surface area contributed by atoms with Gasteiger partial charge in [0.25, 0.3) is 0 Å². The predicted octanol–water partition coefficient (Wildman–Crippen LogP) is 3.22. The summed E-state index contributed by atoms with van der Waals surface area (Å²) in [6.45, 7) is 12.5. The highest BCUT2D eigenvalue weighted by Gasteiger charge is 2.45. The third kappa shape index (κ3) is 4.90. The van der Waals surface area contributed by atoms with Gasteiger partial charge in [-0.25, -0.2) is 9.59 Å². The lowest BCUT2D eigenvalue weighted by atomic mass is 9.94. The molecular formula is C16H29NO4. The molecule has 122 valence electrons. The molecule has 1 rings (SSSR count). The van der Waals surface area contributed by atoms with Gasteiger partial charge >= 0.3 is 12.1 Å². The Morgan fingerprint density at radius 2 is 1.86 bits per heavy atom. The van der Waals surface area contributed by atoms with Gasteiger partial charge in [0.2, 0.25) is 0 Å². The zero-order valence-electron chi connectivity index (χ0n) is 14.1. The van der Waals surface area contributed by atoms with E-state index in [1.165, 1.54) is 4.90 Å². The van der Waals surface area contributed by atoms with Crippen molar-refractivity contribution in [2.75, 3.05) is 13.2 Å². The first kappa shape index (κ1) is 17.8. The smallest absolute Gasteiger partial charge is 0.411 e. The molecule has 0 aromatic heterocycles. The van der Waals surface area contributed by atoms with Crippen molar-refractivity contribution in [3.05, 3.63) is 0 Å². The molecule has 5 nitrogen and oxygen atoms in total. The highest BCUT2D eigenvalue weighted by atomic mass is 16.6. The van der Waals surface area contributed by atoms with E-state index in [-0.39, 0.29) is 17.8 Å². The fraction of sp³-hybridized carbons (Fsp3) is 0.875. The van der Waals surface area contributed by atoms with Crippen molar-refractivity contribution in [3.63, 3.8) is 0 Å². The van der Waals surface area contributed by atoms with Gasteiger partial charge < -0.3 is 9.47 Å². The minimum Gasteiger partial charge on any atom is -0.464 e. The Hall–Kier alpha value is -1.26. The van der Waals surface area contributed by atoms with Crippen molar-refractivity contribution in [1.29, 1.82) is 0 Å². The molecule has 0 aliphatic carbocycles. The van der Waals surface area contributed by atoms with Gasteiger partial charge in [0.1, 0.15) is 11.6 Å². The number of hydrogen-bond acceptors (Lipinski definition) is 4. The van der Waals surface area contributed by atoms with Gasteiger partial charge in [-0.1, -0.05) is 27.2 Å². The normalized spacial score (nSPS) is 25.8. The van der Waals surface area contributed by atoms with Crippen LogP contribution in [0, 0.1) is 11.8 Å². The highest BCUT2D eigenvalue weighted by Crippen LogP contribution is 2.31. The SMILES string of the molecule is CCCCOC(=O)[C@@H]1[C@H](C)[C@H](C)CN1C(=O)OC(C)(C)C. The molecule has 1 aliphatic rings. The molecule has 0 unspecified atom stereocenters. The topological polar surface area (TPSA) is 55.8 Å². The van der Waals surface area contributed by atoms with Crippen LogP contribution < -0.4 is 0 Å². The maximum absolute atomic E-state index is 12.3. The maximum atomic E-state index is 12.3. The zero-order chi connectivity index (χ0) is 16.2. The summed E-state index contributed by atoms with van der Waals surface area (Å²) < 4.78 is 10.7. The first-order valence-electron chi connectivity index (χ1n) is 7.83. The number of likely N-dealkylation sites (tertiary alicyclic amines) is 1. The Kier molecular flexibility index (Phi) is 6.05. The van der Waals surface area contributed by atoms with Gasteiger partial charge in [0.15, 0.2) is 0 Å². The minimum atomic E-state index is -0.567. The molecule has 0 saturated carbocycles. The number of ether oxygens (including phenoxy) is 2. The summed E-state index contributed by atoms with van der Waals surface area (Å²) >= 11 is 0. The van der Waals surface area contributed by atoms with E-state index in [1.54, 1.807) is 0 Å². The van der Waals surface area contributed by atoms with E-state index >= 15 is 0 Å². The summed E-state index contributed by atoms with van der Waals surface area (Å²) in [5.74, 6) is 0.0130. The molecular weight excluding hydrogens is 270 g/mol. The third-order valence-electron chi connectivity index (χ3n) is 3.83. The quantitative estimate of drug-likeness (QED) is 0.591. The molecule has 1 fully saturated rings. The molecule has 21 heavy (non-hydrogen) atoms. The fourth-order valence-electron chi connectivity index (χ4n) is 2.44. The Balaban J connectivity index is 2.76. The van der Waals surface area contributed by atoms with Gasteiger partial charge in [0.05, 0.1) is 6.61 Å². The van der Waals surface area contributed by atoms with Crippen molar-refractivity contribution >= 4 is 12.1 Å². The fourth-order valence-corrected chi connectivity index (χ4v) is 2.44. The summed E-state index contributed by atoms with van der Waals surface area (Å²) in [7, 11) is 0. The van der Waals surface area contributed by atoms with Gasteiger partial charge in [-0.05, 0) is 39.0 Å². The number of rotatable bonds is 4. The van der Waals surface area contributed by atoms with E-state index in [2.05, 4.69) is 0 Å². The molecule has 0 aromatic carbocycles. The molecule has 3 atom stereocenters. The molecule has 1 saturated heterocycles. The summed E-state index contributed by atoms with van der Waals surface area (Å²) in [5, 5.41) is 0. The lowest BCUT2D eigenvalue weighted by Gasteiger charge is -2.28. The van der Waals surface area contributed by atoms with E-state index < -0.39 is 17.7 Å². The van der Waals surface area contributed by atoms with Crippen LogP contribution in [-0.2, 0) is 14.3 Å². The molecule has 0 bridgehead atoms. The largest absolute Gasteiger partial charge is 0.464 e. The monoisotopic (exact) mass is 299 g/mol. The van der Waals surface area contributed by atoms with E-state index in [4.69, 9.17) is 9.47 Å². The number of amides is 1. The Morgan fingerprint density at radius 1 is 1.24 bits per heavy atom. The summed E-state index contributed by atoms with van der Waals surface area (Å²) in [4.78, 5) is 26.1. The molecule has 0 spiro atoms. The van der Waals surface area contributed by atoms with Gasteiger partial charge in [-0.2, -0.15) is 0 Å². The lowest BCUT2D eigenvalue weighted by Crippen LogP contribution is -2.46. The van der Waals surface area contributed by atoms with Crippen molar-refractivity contribution in [2.45, 2.75) is 66.0 Å². The Morgan fingerprint density at radius 3 is 2.38 bits per heavy atom. The first-order chi connectivity index (χ1) is 9.67. The lowest BCUT2D eigenvalue weighted by molar-refractivity contribution is -0.150. The van der Waals surface area contributed by atoms with Crippen LogP contribution in [0.15, 0.2) is 0 Å². The summed E-state index contributed by atoms with van der Waals surface area (Å²) in [5.41, 5.74) is -0.567. The average Bonchev–Trinajstić information content (AvgIpc) is 2.64. The van der Waals surface area contributed by atoms with Crippen LogP contribution in [0.25, 0.3) is 0 Å². The van der Waals surface area contributed by atoms with Crippen LogP contribution in [0.1, 0.15) is 54.4 Å². The number of unbranched alkanes of at least 4 members (excludes halogenated alkanes) is 1. The second kappa shape index (κ2) is 7.14. The third-order valence-corrected chi connectivity index (χ3v) is 3.83. The van der Waals surface area contributed by atoms with Gasteiger partial charge in [-0.3, -0.25) is 4.90 Å². The van der Waals surface area contributed by atoms with Gasteiger partial charge in [-0.15, -0.1) is 0 Å². The first-order valence-corrected chi connectivity index (χ1v) is 7.83. The van der Waals surface area contributed by atoms with Crippen LogP contribution in [-0.4, -0.2) is 41.8 Å². The molecule has 0 radical (unpaired) electrons. The second-order valence-corrected chi connectivity index (χ2v) is 6.93. The van der Waals surface area contributed by atoms with Crippen LogP contribution in [0.3, 0.4) is 0 Å². The van der Waals surface area contributed by atoms with Crippen LogP contribution >= 0.6 is 0 Å². The van der Waals surface area contributed by atoms with Crippen LogP contribution in [0.2, 0.25) is 0 Å². The number of nitrogens with zero attached hydrogens (tertiary/aromatic N) is 1. The molecule has 1 heterocycles. The number of esters is 1. The van der Waals surface area contributed by atoms with Crippen molar-refractivity contribution in [1.82, 2.24) is 4.90 Å². The molecule has 0 aromatic rings. The second-order valence-electron chi connectivity index (χ2n) is 6.93. The van der Waals surface area contributed by atoms with Crippen molar-refractivity contribution in [3.8, 4) is 0 Å². The van der Waals surface area contributed by atoms with Crippen molar-refractivity contribution < 1.29 is 19.1 Å². The maximum Gasteiger partial charge on any atom is 0.411 e. The Bertz CT molecular complexity index is 375. The zero-order valence-corrected chi connectivity index (χ0v) is 14.1. The summed E-state index contributed by atoms with van der Waals surface area (Å²) in [6.07, 6.45) is 1.38. The van der Waals surface area contributed by atoms with E-state index in [0.717, 1.165) is 12.8 Å². The number of carbonyl (C=O) groups excluding carboxylic acids is 2. The van der Waals surface area contributed by atoms with Crippen LogP contribution in [0.5, 0.6) is 0 Å². The van der Waals surface area contributed by atoms with E-state index in [0.29, 0.717) is 13.2 Å². The van der Waals surface area contributed by atoms with Crippen LogP contribution in [0.4, 0.5) is 4.79 Å². The average molecular weight is 299 g/mol. The van der Waals surface area contributed by atoms with E-state index in [9.17, 15) is 9.59 Å². The molecule has 1 aliphatic heterocycles. The molecule has 5 heteroatoms. The van der Waals surface area contributed by atoms with E-state index in [1.807, 2.05) is 41.5 Å². The molecule has 0 N–H and O–H groups in total. The van der Waals surface area contributed by atoms with Crippen molar-refractivity contribution in [2.24, 2.45) is 11.8 Å². The minimum absolute atomic E-state index is 0.0756. The number of carbonyl (C=O) groups is 2. The van der Waals surface area contributed by atoms with Gasteiger partial charge in [0, 0.05) is 6.54 Å². The standard InChI is InChI=1S/C16H29NO4/c1-7-8-9-20-14(18)13-12(3)11(2)10-17(13)15(19)21-16(4,5)6/h11-13H,7-10H2,1-6H3/t11-,12-,13+/m1/s1. The summed E-state index contributed by atoms with van der Waals surface area (Å²) in [6, 6.07) is -0.535. The highest BCUT2D eigenvalue weighted by molar-refractivity contribution is 5.82. The Labute approximate surface area is 128 Å². The predicted molar refractivity (Wildman–Crippen MR) is 80.9 cm³/mol. The number of hydrogen-bond donors (Lipinski definition) is 0.